The van der Waals surface area contributed by atoms with E-state index < -0.39 is 0 Å². The Labute approximate surface area is 105 Å². The van der Waals surface area contributed by atoms with E-state index >= 15 is 0 Å². The van der Waals surface area contributed by atoms with Gasteiger partial charge in [0.15, 0.2) is 0 Å². The predicted octanol–water partition coefficient (Wildman–Crippen LogP) is 3.11. The highest BCUT2D eigenvalue weighted by Gasteiger charge is 2.14. The van der Waals surface area contributed by atoms with Crippen molar-refractivity contribution in [1.82, 2.24) is 5.32 Å². The van der Waals surface area contributed by atoms with E-state index in [0.717, 1.165) is 5.92 Å². The Morgan fingerprint density at radius 3 is 2.94 bits per heavy atom. The molecule has 0 aromatic heterocycles. The van der Waals surface area contributed by atoms with Gasteiger partial charge in [-0.25, -0.2) is 0 Å². The molecular weight excluding hydrogens is 206 g/mol. The monoisotopic (exact) mass is 229 g/mol. The van der Waals surface area contributed by atoms with Crippen molar-refractivity contribution in [3.8, 4) is 0 Å². The number of hydrogen-bond donors (Lipinski definition) is 1. The Balaban J connectivity index is 1.57. The summed E-state index contributed by atoms with van der Waals surface area (Å²) in [4.78, 5) is 0. The molecular formula is C16H23N. The van der Waals surface area contributed by atoms with E-state index in [-0.39, 0.29) is 0 Å². The molecule has 0 spiro atoms. The molecule has 1 heteroatoms. The molecule has 17 heavy (non-hydrogen) atoms. The lowest BCUT2D eigenvalue weighted by Crippen LogP contribution is -2.29. The van der Waals surface area contributed by atoms with Crippen LogP contribution >= 0.6 is 0 Å². The van der Waals surface area contributed by atoms with Gasteiger partial charge in [-0.1, -0.05) is 18.2 Å². The number of piperidine rings is 1. The van der Waals surface area contributed by atoms with Crippen molar-refractivity contribution >= 4 is 0 Å². The van der Waals surface area contributed by atoms with Gasteiger partial charge in [-0.05, 0) is 80.6 Å². The number of fused-ring (bicyclic) bond motifs is 1. The topological polar surface area (TPSA) is 12.0 Å². The molecule has 0 saturated carbocycles. The second-order valence-corrected chi connectivity index (χ2v) is 5.71. The summed E-state index contributed by atoms with van der Waals surface area (Å²) >= 11 is 0. The first-order chi connectivity index (χ1) is 8.42. The molecule has 1 atom stereocenters. The summed E-state index contributed by atoms with van der Waals surface area (Å²) in [6, 6.07) is 7.20. The maximum Gasteiger partial charge on any atom is -0.00204 e. The Kier molecular flexibility index (Phi) is 3.46. The van der Waals surface area contributed by atoms with Crippen LogP contribution in [-0.2, 0) is 19.3 Å². The van der Waals surface area contributed by atoms with E-state index in [4.69, 9.17) is 0 Å². The van der Waals surface area contributed by atoms with Crippen molar-refractivity contribution in [2.24, 2.45) is 5.92 Å². The SMILES string of the molecule is c1cc2c(cc1CCC1CCCNC1)CCC2. The van der Waals surface area contributed by atoms with Crippen LogP contribution in [0.1, 0.15) is 42.4 Å². The molecule has 1 aromatic carbocycles. The molecule has 3 rings (SSSR count). The molecule has 1 aliphatic heterocycles. The van der Waals surface area contributed by atoms with Gasteiger partial charge < -0.3 is 5.32 Å². The molecule has 1 unspecified atom stereocenters. The molecule has 1 saturated heterocycles. The molecule has 2 aliphatic rings. The minimum absolute atomic E-state index is 0.914. The van der Waals surface area contributed by atoms with Crippen LogP contribution in [0.25, 0.3) is 0 Å². The van der Waals surface area contributed by atoms with Crippen molar-refractivity contribution < 1.29 is 0 Å². The molecule has 0 bridgehead atoms. The van der Waals surface area contributed by atoms with Gasteiger partial charge in [0.1, 0.15) is 0 Å². The Bertz CT molecular complexity index is 377. The maximum atomic E-state index is 3.51. The molecule has 0 amide bonds. The molecule has 1 aliphatic carbocycles. The average Bonchev–Trinajstić information content (AvgIpc) is 2.85. The zero-order valence-corrected chi connectivity index (χ0v) is 10.7. The summed E-state index contributed by atoms with van der Waals surface area (Å²) in [5.74, 6) is 0.914. The molecule has 1 nitrogen and oxygen atoms in total. The Morgan fingerprint density at radius 2 is 2.06 bits per heavy atom. The van der Waals surface area contributed by atoms with Crippen LogP contribution in [0.2, 0.25) is 0 Å². The number of nitrogens with one attached hydrogen (secondary N) is 1. The summed E-state index contributed by atoms with van der Waals surface area (Å²) in [5.41, 5.74) is 4.80. The number of aryl methyl sites for hydroxylation is 3. The van der Waals surface area contributed by atoms with Gasteiger partial charge in [0.25, 0.3) is 0 Å². The van der Waals surface area contributed by atoms with Gasteiger partial charge in [-0.2, -0.15) is 0 Å². The fourth-order valence-corrected chi connectivity index (χ4v) is 3.32. The molecule has 1 fully saturated rings. The smallest absolute Gasteiger partial charge is 0.00204 e. The lowest BCUT2D eigenvalue weighted by atomic mass is 9.92. The van der Waals surface area contributed by atoms with Gasteiger partial charge >= 0.3 is 0 Å². The van der Waals surface area contributed by atoms with Crippen LogP contribution in [0.4, 0.5) is 0 Å². The lowest BCUT2D eigenvalue weighted by molar-refractivity contribution is 0.358. The highest BCUT2D eigenvalue weighted by atomic mass is 14.9. The summed E-state index contributed by atoms with van der Waals surface area (Å²) in [6.45, 7) is 2.47. The maximum absolute atomic E-state index is 3.51. The fraction of sp³-hybridized carbons (Fsp3) is 0.625. The largest absolute Gasteiger partial charge is 0.316 e. The quantitative estimate of drug-likeness (QED) is 0.840. The minimum Gasteiger partial charge on any atom is -0.316 e. The first-order valence-electron chi connectivity index (χ1n) is 7.23. The van der Waals surface area contributed by atoms with Crippen molar-refractivity contribution in [3.63, 3.8) is 0 Å². The van der Waals surface area contributed by atoms with E-state index in [0.29, 0.717) is 0 Å². The van der Waals surface area contributed by atoms with Crippen LogP contribution < -0.4 is 5.32 Å². The molecule has 0 radical (unpaired) electrons. The van der Waals surface area contributed by atoms with E-state index in [1.54, 1.807) is 16.7 Å². The molecule has 92 valence electrons. The third-order valence-electron chi connectivity index (χ3n) is 4.40. The van der Waals surface area contributed by atoms with Gasteiger partial charge in [0.2, 0.25) is 0 Å². The summed E-state index contributed by atoms with van der Waals surface area (Å²) in [6.07, 6.45) is 9.43. The van der Waals surface area contributed by atoms with Crippen LogP contribution in [0.3, 0.4) is 0 Å². The summed E-state index contributed by atoms with van der Waals surface area (Å²) < 4.78 is 0. The van der Waals surface area contributed by atoms with E-state index in [1.807, 2.05) is 0 Å². The lowest BCUT2D eigenvalue weighted by Gasteiger charge is -2.22. The van der Waals surface area contributed by atoms with Crippen molar-refractivity contribution in [3.05, 3.63) is 34.9 Å². The standard InChI is InChI=1S/C16H23N/c1-4-15-9-8-13(11-16(15)5-1)6-7-14-3-2-10-17-12-14/h8-9,11,14,17H,1-7,10,12H2. The molecule has 1 aromatic rings. The number of rotatable bonds is 3. The van der Waals surface area contributed by atoms with Gasteiger partial charge in [-0.3, -0.25) is 0 Å². The zero-order chi connectivity index (χ0) is 11.5. The van der Waals surface area contributed by atoms with Gasteiger partial charge in [0, 0.05) is 0 Å². The zero-order valence-electron chi connectivity index (χ0n) is 10.7. The third kappa shape index (κ3) is 2.71. The van der Waals surface area contributed by atoms with Crippen LogP contribution in [0, 0.1) is 5.92 Å². The highest BCUT2D eigenvalue weighted by Crippen LogP contribution is 2.24. The Morgan fingerprint density at radius 1 is 1.12 bits per heavy atom. The average molecular weight is 229 g/mol. The fourth-order valence-electron chi connectivity index (χ4n) is 3.32. The van der Waals surface area contributed by atoms with Crippen molar-refractivity contribution in [2.45, 2.75) is 44.9 Å². The van der Waals surface area contributed by atoms with Crippen molar-refractivity contribution in [2.75, 3.05) is 13.1 Å². The second-order valence-electron chi connectivity index (χ2n) is 5.71. The number of benzene rings is 1. The van der Waals surface area contributed by atoms with Crippen molar-refractivity contribution in [1.29, 1.82) is 0 Å². The summed E-state index contributed by atoms with van der Waals surface area (Å²) in [7, 11) is 0. The highest BCUT2D eigenvalue weighted by molar-refractivity contribution is 5.35. The van der Waals surface area contributed by atoms with E-state index in [2.05, 4.69) is 23.5 Å². The minimum atomic E-state index is 0.914. The second kappa shape index (κ2) is 5.22. The van der Waals surface area contributed by atoms with E-state index in [9.17, 15) is 0 Å². The first-order valence-corrected chi connectivity index (χ1v) is 7.23. The Hall–Kier alpha value is -0.820. The summed E-state index contributed by atoms with van der Waals surface area (Å²) in [5, 5.41) is 3.51. The van der Waals surface area contributed by atoms with Gasteiger partial charge in [-0.15, -0.1) is 0 Å². The van der Waals surface area contributed by atoms with Gasteiger partial charge in [0.05, 0.1) is 0 Å². The third-order valence-corrected chi connectivity index (χ3v) is 4.40. The predicted molar refractivity (Wildman–Crippen MR) is 72.4 cm³/mol. The first kappa shape index (κ1) is 11.3. The number of hydrogen-bond acceptors (Lipinski definition) is 1. The van der Waals surface area contributed by atoms with Crippen LogP contribution in [-0.4, -0.2) is 13.1 Å². The van der Waals surface area contributed by atoms with Crippen LogP contribution in [0.15, 0.2) is 18.2 Å². The molecule has 1 heterocycles. The van der Waals surface area contributed by atoms with Crippen LogP contribution in [0.5, 0.6) is 0 Å². The molecule has 1 N–H and O–H groups in total. The normalized spacial score (nSPS) is 23.6. The van der Waals surface area contributed by atoms with E-state index in [1.165, 1.54) is 58.0 Å².